The Morgan fingerprint density at radius 1 is 1.16 bits per heavy atom. The van der Waals surface area contributed by atoms with Crippen molar-refractivity contribution in [1.82, 2.24) is 10.3 Å². The summed E-state index contributed by atoms with van der Waals surface area (Å²) in [7, 11) is 0. The molecule has 3 aromatic rings. The minimum Gasteiger partial charge on any atom is -0.455 e. The van der Waals surface area contributed by atoms with E-state index in [-0.39, 0.29) is 30.4 Å². The number of para-hydroxylation sites is 2. The predicted molar refractivity (Wildman–Crippen MR) is 122 cm³/mol. The molecule has 168 valence electrons. The van der Waals surface area contributed by atoms with Crippen LogP contribution in [0.5, 0.6) is 0 Å². The lowest BCUT2D eigenvalue weighted by Crippen LogP contribution is -2.38. The first-order valence-corrected chi connectivity index (χ1v) is 11.2. The van der Waals surface area contributed by atoms with E-state index in [4.69, 9.17) is 9.15 Å². The zero-order valence-corrected chi connectivity index (χ0v) is 18.5. The Morgan fingerprint density at radius 2 is 1.88 bits per heavy atom. The first-order valence-electron chi connectivity index (χ1n) is 11.2. The fourth-order valence-corrected chi connectivity index (χ4v) is 3.96. The number of carbonyl (C=O) groups excluding carboxylic acids is 2. The Labute approximate surface area is 187 Å². The zero-order valence-electron chi connectivity index (χ0n) is 18.5. The van der Waals surface area contributed by atoms with Gasteiger partial charge in [-0.1, -0.05) is 43.3 Å². The number of hydrogen-bond donors (Lipinski definition) is 1. The molecule has 7 heteroatoms. The topological polar surface area (TPSA) is 84.7 Å². The Morgan fingerprint density at radius 3 is 2.56 bits per heavy atom. The van der Waals surface area contributed by atoms with E-state index in [0.717, 1.165) is 23.1 Å². The van der Waals surface area contributed by atoms with Gasteiger partial charge in [-0.2, -0.15) is 4.98 Å². The Balaban J connectivity index is 1.21. The van der Waals surface area contributed by atoms with E-state index in [9.17, 15) is 9.59 Å². The van der Waals surface area contributed by atoms with Gasteiger partial charge in [0, 0.05) is 13.1 Å². The molecule has 1 amide bonds. The van der Waals surface area contributed by atoms with Gasteiger partial charge in [-0.25, -0.2) is 0 Å². The SMILES string of the molecule is CCc1ccc(C(C)NC(=O)COC(=O)C2CCN(c3nc4ccccc4o3)CC2)cc1. The first-order chi connectivity index (χ1) is 15.5. The van der Waals surface area contributed by atoms with Crippen LogP contribution in [-0.4, -0.2) is 36.6 Å². The number of hydrogen-bond acceptors (Lipinski definition) is 6. The molecule has 1 aliphatic rings. The van der Waals surface area contributed by atoms with Crippen molar-refractivity contribution in [1.29, 1.82) is 0 Å². The van der Waals surface area contributed by atoms with Crippen molar-refractivity contribution in [2.24, 2.45) is 5.92 Å². The molecule has 0 aliphatic carbocycles. The number of nitrogens with zero attached hydrogens (tertiary/aromatic N) is 2. The highest BCUT2D eigenvalue weighted by atomic mass is 16.5. The number of piperidine rings is 1. The average Bonchev–Trinajstić information content (AvgIpc) is 3.27. The smallest absolute Gasteiger partial charge is 0.309 e. The van der Waals surface area contributed by atoms with E-state index in [1.807, 2.05) is 48.2 Å². The van der Waals surface area contributed by atoms with E-state index in [2.05, 4.69) is 29.4 Å². The van der Waals surface area contributed by atoms with Crippen molar-refractivity contribution in [2.75, 3.05) is 24.6 Å². The lowest BCUT2D eigenvalue weighted by atomic mass is 9.97. The molecule has 1 saturated heterocycles. The van der Waals surface area contributed by atoms with Crippen molar-refractivity contribution in [3.05, 3.63) is 59.7 Å². The maximum Gasteiger partial charge on any atom is 0.309 e. The summed E-state index contributed by atoms with van der Waals surface area (Å²) >= 11 is 0. The standard InChI is InChI=1S/C25H29N3O4/c1-3-18-8-10-19(11-9-18)17(2)26-23(29)16-31-24(30)20-12-14-28(15-13-20)25-27-21-6-4-5-7-22(21)32-25/h4-11,17,20H,3,12-16H2,1-2H3,(H,26,29). The van der Waals surface area contributed by atoms with Crippen LogP contribution in [0.25, 0.3) is 11.1 Å². The van der Waals surface area contributed by atoms with Crippen LogP contribution in [0.4, 0.5) is 6.01 Å². The number of rotatable bonds is 7. The van der Waals surface area contributed by atoms with Gasteiger partial charge in [-0.15, -0.1) is 0 Å². The molecule has 32 heavy (non-hydrogen) atoms. The van der Waals surface area contributed by atoms with Crippen molar-refractivity contribution < 1.29 is 18.7 Å². The number of aromatic nitrogens is 1. The Bertz CT molecular complexity index is 1040. The Hall–Kier alpha value is -3.35. The van der Waals surface area contributed by atoms with Gasteiger partial charge in [-0.05, 0) is 49.4 Å². The van der Waals surface area contributed by atoms with E-state index >= 15 is 0 Å². The number of carbonyl (C=O) groups is 2. The van der Waals surface area contributed by atoms with Crippen LogP contribution in [0.1, 0.15) is 43.9 Å². The highest BCUT2D eigenvalue weighted by Crippen LogP contribution is 2.26. The van der Waals surface area contributed by atoms with Crippen LogP contribution in [0.3, 0.4) is 0 Å². The number of ether oxygens (including phenoxy) is 1. The summed E-state index contributed by atoms with van der Waals surface area (Å²) in [5.41, 5.74) is 3.85. The summed E-state index contributed by atoms with van der Waals surface area (Å²) in [6.45, 7) is 5.07. The van der Waals surface area contributed by atoms with Crippen LogP contribution in [0, 0.1) is 5.92 Å². The second kappa shape index (κ2) is 9.85. The van der Waals surface area contributed by atoms with E-state index in [1.165, 1.54) is 5.56 Å². The van der Waals surface area contributed by atoms with Crippen LogP contribution in [0.15, 0.2) is 52.9 Å². The minimum absolute atomic E-state index is 0.147. The van der Waals surface area contributed by atoms with Gasteiger partial charge in [0.15, 0.2) is 12.2 Å². The molecular weight excluding hydrogens is 406 g/mol. The quantitative estimate of drug-likeness (QED) is 0.564. The van der Waals surface area contributed by atoms with Crippen LogP contribution in [-0.2, 0) is 20.7 Å². The zero-order chi connectivity index (χ0) is 22.5. The molecule has 1 N–H and O–H groups in total. The van der Waals surface area contributed by atoms with Crippen molar-refractivity contribution in [3.63, 3.8) is 0 Å². The molecule has 1 aliphatic heterocycles. The molecular formula is C25H29N3O4. The summed E-state index contributed by atoms with van der Waals surface area (Å²) in [6.07, 6.45) is 2.25. The number of fused-ring (bicyclic) bond motifs is 1. The molecule has 7 nitrogen and oxygen atoms in total. The summed E-state index contributed by atoms with van der Waals surface area (Å²) in [5.74, 6) is -0.839. The van der Waals surface area contributed by atoms with Gasteiger partial charge in [0.1, 0.15) is 5.52 Å². The van der Waals surface area contributed by atoms with Crippen molar-refractivity contribution >= 4 is 29.0 Å². The average molecular weight is 436 g/mol. The molecule has 1 aromatic heterocycles. The predicted octanol–water partition coefficient (Wildman–Crippen LogP) is 4.03. The molecule has 2 heterocycles. The molecule has 0 bridgehead atoms. The molecule has 1 unspecified atom stereocenters. The number of anilines is 1. The lowest BCUT2D eigenvalue weighted by Gasteiger charge is -2.29. The fourth-order valence-electron chi connectivity index (χ4n) is 3.96. The fraction of sp³-hybridized carbons (Fsp3) is 0.400. The highest BCUT2D eigenvalue weighted by molar-refractivity contribution is 5.81. The Kier molecular flexibility index (Phi) is 6.73. The molecule has 0 spiro atoms. The second-order valence-corrected chi connectivity index (χ2v) is 8.22. The largest absolute Gasteiger partial charge is 0.455 e. The maximum atomic E-state index is 12.5. The molecule has 1 atom stereocenters. The highest BCUT2D eigenvalue weighted by Gasteiger charge is 2.28. The third-order valence-corrected chi connectivity index (χ3v) is 5.99. The van der Waals surface area contributed by atoms with Crippen molar-refractivity contribution in [3.8, 4) is 0 Å². The van der Waals surface area contributed by atoms with Gasteiger partial charge in [0.2, 0.25) is 0 Å². The minimum atomic E-state index is -0.322. The van der Waals surface area contributed by atoms with Gasteiger partial charge in [0.25, 0.3) is 11.9 Å². The number of benzene rings is 2. The second-order valence-electron chi connectivity index (χ2n) is 8.22. The third-order valence-electron chi connectivity index (χ3n) is 5.99. The number of amides is 1. The van der Waals surface area contributed by atoms with Gasteiger partial charge in [0.05, 0.1) is 12.0 Å². The molecule has 0 saturated carbocycles. The van der Waals surface area contributed by atoms with E-state index < -0.39 is 0 Å². The summed E-state index contributed by atoms with van der Waals surface area (Å²) in [5, 5.41) is 2.89. The van der Waals surface area contributed by atoms with Crippen LogP contribution in [0.2, 0.25) is 0 Å². The summed E-state index contributed by atoms with van der Waals surface area (Å²) in [6, 6.07) is 16.2. The maximum absolute atomic E-state index is 12.5. The van der Waals surface area contributed by atoms with Crippen LogP contribution < -0.4 is 10.2 Å². The van der Waals surface area contributed by atoms with Crippen LogP contribution >= 0.6 is 0 Å². The first kappa shape index (κ1) is 21.9. The van der Waals surface area contributed by atoms with E-state index in [1.54, 1.807) is 0 Å². The molecule has 0 radical (unpaired) electrons. The van der Waals surface area contributed by atoms with Gasteiger partial charge in [-0.3, -0.25) is 9.59 Å². The number of aryl methyl sites for hydroxylation is 1. The molecule has 4 rings (SSSR count). The molecule has 1 fully saturated rings. The van der Waals surface area contributed by atoms with Crippen molar-refractivity contribution in [2.45, 2.75) is 39.2 Å². The lowest BCUT2D eigenvalue weighted by molar-refractivity contribution is -0.153. The van der Waals surface area contributed by atoms with Gasteiger partial charge >= 0.3 is 5.97 Å². The number of esters is 1. The summed E-state index contributed by atoms with van der Waals surface area (Å²) < 4.78 is 11.1. The monoisotopic (exact) mass is 435 g/mol. The normalized spacial score (nSPS) is 15.5. The summed E-state index contributed by atoms with van der Waals surface area (Å²) in [4.78, 5) is 31.3. The van der Waals surface area contributed by atoms with Gasteiger partial charge < -0.3 is 19.4 Å². The van der Waals surface area contributed by atoms with E-state index in [0.29, 0.717) is 31.9 Å². The third kappa shape index (κ3) is 5.10. The number of nitrogens with one attached hydrogen (secondary N) is 1. The molecule has 2 aromatic carbocycles. The number of oxazole rings is 1.